The average molecular weight is 278 g/mol. The topological polar surface area (TPSA) is 71.7 Å². The number of nitrogens with zero attached hydrogens (tertiary/aromatic N) is 4. The van der Waals surface area contributed by atoms with Crippen LogP contribution in [-0.2, 0) is 4.74 Å². The van der Waals surface area contributed by atoms with Gasteiger partial charge in [0.2, 0.25) is 0 Å². The molecule has 20 heavy (non-hydrogen) atoms. The smallest absolute Gasteiger partial charge is 0.363 e. The highest BCUT2D eigenvalue weighted by atomic mass is 16.6. The first kappa shape index (κ1) is 13.3. The largest absolute Gasteiger partial charge is 0.378 e. The highest BCUT2D eigenvalue weighted by molar-refractivity contribution is 5.48. The van der Waals surface area contributed by atoms with Crippen molar-refractivity contribution < 1.29 is 9.66 Å². The third-order valence-electron chi connectivity index (χ3n) is 4.05. The quantitative estimate of drug-likeness (QED) is 0.604. The third-order valence-corrected chi connectivity index (χ3v) is 4.05. The predicted molar refractivity (Wildman–Crippen MR) is 73.9 cm³/mol. The van der Waals surface area contributed by atoms with Crippen molar-refractivity contribution >= 4 is 11.5 Å². The molecule has 3 heterocycles. The summed E-state index contributed by atoms with van der Waals surface area (Å²) in [4.78, 5) is 18.8. The van der Waals surface area contributed by atoms with Crippen LogP contribution in [0.3, 0.4) is 0 Å². The van der Waals surface area contributed by atoms with Gasteiger partial charge in [0, 0.05) is 31.7 Å². The number of aromatic nitrogens is 1. The number of ether oxygens (including phenoxy) is 1. The molecule has 2 fully saturated rings. The minimum Gasteiger partial charge on any atom is -0.378 e. The Morgan fingerprint density at radius 2 is 2.20 bits per heavy atom. The molecule has 3 rings (SSSR count). The Hall–Kier alpha value is -1.73. The Balaban J connectivity index is 1.66. The number of rotatable bonds is 3. The first-order chi connectivity index (χ1) is 9.65. The van der Waals surface area contributed by atoms with E-state index in [0.717, 1.165) is 38.5 Å². The van der Waals surface area contributed by atoms with E-state index in [1.807, 2.05) is 0 Å². The van der Waals surface area contributed by atoms with Gasteiger partial charge in [-0.25, -0.2) is 0 Å². The second-order valence-corrected chi connectivity index (χ2v) is 5.36. The molecule has 7 heteroatoms. The first-order valence-electron chi connectivity index (χ1n) is 6.84. The van der Waals surface area contributed by atoms with Crippen LogP contribution < -0.4 is 4.90 Å². The van der Waals surface area contributed by atoms with Gasteiger partial charge in [-0.1, -0.05) is 0 Å². The zero-order chi connectivity index (χ0) is 14.1. The lowest BCUT2D eigenvalue weighted by atomic mass is 10.1. The van der Waals surface area contributed by atoms with Crippen molar-refractivity contribution in [2.75, 3.05) is 37.7 Å². The monoisotopic (exact) mass is 278 g/mol. The summed E-state index contributed by atoms with van der Waals surface area (Å²) in [5.41, 5.74) is 0.951. The standard InChI is InChI=1S/C13H18N4O3/c1-10-7-15(12-8-20-9-12)4-5-16(10)11-2-3-13(14-6-11)17(18)19/h2-3,6,10,12H,4-5,7-9H2,1H3. The molecule has 2 aliphatic heterocycles. The predicted octanol–water partition coefficient (Wildman–Crippen LogP) is 0.899. The number of nitro groups is 1. The molecule has 1 aromatic rings. The van der Waals surface area contributed by atoms with Gasteiger partial charge in [-0.2, -0.15) is 0 Å². The molecule has 108 valence electrons. The Morgan fingerprint density at radius 3 is 2.70 bits per heavy atom. The maximum absolute atomic E-state index is 10.6. The van der Waals surface area contributed by atoms with E-state index in [0.29, 0.717) is 12.1 Å². The molecular formula is C13H18N4O3. The van der Waals surface area contributed by atoms with Crippen molar-refractivity contribution in [1.29, 1.82) is 0 Å². The van der Waals surface area contributed by atoms with Crippen LogP contribution in [-0.4, -0.2) is 59.7 Å². The summed E-state index contributed by atoms with van der Waals surface area (Å²) in [5, 5.41) is 10.6. The highest BCUT2D eigenvalue weighted by Gasteiger charge is 2.32. The second kappa shape index (κ2) is 5.34. The number of piperazine rings is 1. The SMILES string of the molecule is CC1CN(C2COC2)CCN1c1ccc([N+](=O)[O-])nc1. The molecule has 0 spiro atoms. The molecule has 7 nitrogen and oxygen atoms in total. The zero-order valence-electron chi connectivity index (χ0n) is 11.4. The first-order valence-corrected chi connectivity index (χ1v) is 6.84. The van der Waals surface area contributed by atoms with Crippen LogP contribution in [0.5, 0.6) is 0 Å². The lowest BCUT2D eigenvalue weighted by Crippen LogP contribution is -2.59. The molecule has 1 aromatic heterocycles. The van der Waals surface area contributed by atoms with Crippen molar-refractivity contribution in [2.45, 2.75) is 19.0 Å². The van der Waals surface area contributed by atoms with E-state index in [1.165, 1.54) is 6.07 Å². The van der Waals surface area contributed by atoms with Crippen molar-refractivity contribution in [3.05, 3.63) is 28.4 Å². The van der Waals surface area contributed by atoms with Gasteiger partial charge in [0.1, 0.15) is 0 Å². The normalized spacial score (nSPS) is 24.4. The molecule has 0 saturated carbocycles. The number of hydrogen-bond donors (Lipinski definition) is 0. The average Bonchev–Trinajstić information content (AvgIpc) is 2.37. The van der Waals surface area contributed by atoms with E-state index in [1.54, 1.807) is 12.3 Å². The third kappa shape index (κ3) is 2.46. The van der Waals surface area contributed by atoms with Crippen molar-refractivity contribution in [3.63, 3.8) is 0 Å². The van der Waals surface area contributed by atoms with Crippen molar-refractivity contribution in [2.24, 2.45) is 0 Å². The van der Waals surface area contributed by atoms with Gasteiger partial charge in [0.15, 0.2) is 6.20 Å². The van der Waals surface area contributed by atoms with Crippen LogP contribution >= 0.6 is 0 Å². The summed E-state index contributed by atoms with van der Waals surface area (Å²) >= 11 is 0. The zero-order valence-corrected chi connectivity index (χ0v) is 11.4. The van der Waals surface area contributed by atoms with Crippen LogP contribution in [0.25, 0.3) is 0 Å². The number of hydrogen-bond acceptors (Lipinski definition) is 6. The van der Waals surface area contributed by atoms with Crippen LogP contribution in [0.2, 0.25) is 0 Å². The molecular weight excluding hydrogens is 260 g/mol. The van der Waals surface area contributed by atoms with Gasteiger partial charge in [-0.05, 0) is 22.9 Å². The lowest BCUT2D eigenvalue weighted by Gasteiger charge is -2.46. The van der Waals surface area contributed by atoms with Crippen molar-refractivity contribution in [3.8, 4) is 0 Å². The molecule has 0 amide bonds. The molecule has 0 aliphatic carbocycles. The molecule has 0 aromatic carbocycles. The molecule has 2 saturated heterocycles. The summed E-state index contributed by atoms with van der Waals surface area (Å²) in [6.45, 7) is 6.75. The number of pyridine rings is 1. The van der Waals surface area contributed by atoms with Crippen LogP contribution in [0.15, 0.2) is 18.3 Å². The molecule has 0 bridgehead atoms. The maximum Gasteiger partial charge on any atom is 0.363 e. The summed E-state index contributed by atoms with van der Waals surface area (Å²) < 4.78 is 5.24. The van der Waals surface area contributed by atoms with Gasteiger partial charge in [0.05, 0.1) is 24.9 Å². The summed E-state index contributed by atoms with van der Waals surface area (Å²) in [7, 11) is 0. The van der Waals surface area contributed by atoms with Gasteiger partial charge in [-0.15, -0.1) is 0 Å². The minimum absolute atomic E-state index is 0.105. The summed E-state index contributed by atoms with van der Waals surface area (Å²) in [6, 6.07) is 4.18. The molecule has 0 N–H and O–H groups in total. The van der Waals surface area contributed by atoms with Gasteiger partial charge in [-0.3, -0.25) is 4.90 Å². The van der Waals surface area contributed by atoms with Gasteiger partial charge >= 0.3 is 5.82 Å². The molecule has 0 radical (unpaired) electrons. The molecule has 1 atom stereocenters. The lowest BCUT2D eigenvalue weighted by molar-refractivity contribution is -0.389. The molecule has 2 aliphatic rings. The number of anilines is 1. The fourth-order valence-corrected chi connectivity index (χ4v) is 2.79. The van der Waals surface area contributed by atoms with Gasteiger partial charge < -0.3 is 19.8 Å². The van der Waals surface area contributed by atoms with Crippen molar-refractivity contribution in [1.82, 2.24) is 9.88 Å². The van der Waals surface area contributed by atoms with E-state index in [4.69, 9.17) is 4.74 Å². The second-order valence-electron chi connectivity index (χ2n) is 5.36. The Kier molecular flexibility index (Phi) is 3.54. The highest BCUT2D eigenvalue weighted by Crippen LogP contribution is 2.23. The van der Waals surface area contributed by atoms with Crippen LogP contribution in [0, 0.1) is 10.1 Å². The Labute approximate surface area is 117 Å². The fraction of sp³-hybridized carbons (Fsp3) is 0.615. The van der Waals surface area contributed by atoms with Crippen LogP contribution in [0.1, 0.15) is 6.92 Å². The Bertz CT molecular complexity index is 489. The van der Waals surface area contributed by atoms with E-state index in [-0.39, 0.29) is 5.82 Å². The summed E-state index contributed by atoms with van der Waals surface area (Å²) in [5.74, 6) is -0.105. The van der Waals surface area contributed by atoms with E-state index in [9.17, 15) is 10.1 Å². The summed E-state index contributed by atoms with van der Waals surface area (Å²) in [6.07, 6.45) is 1.59. The van der Waals surface area contributed by atoms with E-state index < -0.39 is 4.92 Å². The molecule has 1 unspecified atom stereocenters. The van der Waals surface area contributed by atoms with E-state index >= 15 is 0 Å². The van der Waals surface area contributed by atoms with Gasteiger partial charge in [0.25, 0.3) is 0 Å². The van der Waals surface area contributed by atoms with E-state index in [2.05, 4.69) is 21.7 Å². The Morgan fingerprint density at radius 1 is 1.40 bits per heavy atom. The minimum atomic E-state index is -0.470. The maximum atomic E-state index is 10.6. The van der Waals surface area contributed by atoms with Crippen LogP contribution in [0.4, 0.5) is 11.5 Å². The fourth-order valence-electron chi connectivity index (χ4n) is 2.79.